The number of barbiturate groups is 1. The van der Waals surface area contributed by atoms with E-state index in [0.717, 1.165) is 22.4 Å². The van der Waals surface area contributed by atoms with Crippen molar-refractivity contribution in [3.05, 3.63) is 57.6 Å². The summed E-state index contributed by atoms with van der Waals surface area (Å²) in [5, 5.41) is 2.50. The first-order valence-electron chi connectivity index (χ1n) is 10.2. The monoisotopic (exact) mass is 456 g/mol. The van der Waals surface area contributed by atoms with Gasteiger partial charge in [0.1, 0.15) is 5.57 Å². The van der Waals surface area contributed by atoms with E-state index in [1.807, 2.05) is 33.8 Å². The molecule has 0 spiro atoms. The summed E-state index contributed by atoms with van der Waals surface area (Å²) in [4.78, 5) is 39.0. The number of rotatable bonds is 6. The van der Waals surface area contributed by atoms with Crippen molar-refractivity contribution in [1.82, 2.24) is 5.32 Å². The third-order valence-corrected chi connectivity index (χ3v) is 5.59. The van der Waals surface area contributed by atoms with E-state index in [1.54, 1.807) is 24.3 Å². The van der Waals surface area contributed by atoms with E-state index in [4.69, 9.17) is 21.1 Å². The normalized spacial score (nSPS) is 16.2. The predicted octanol–water partition coefficient (Wildman–Crippen LogP) is 4.81. The summed E-state index contributed by atoms with van der Waals surface area (Å²) in [6, 6.07) is 7.59. The highest BCUT2D eigenvalue weighted by Crippen LogP contribution is 2.38. The highest BCUT2D eigenvalue weighted by atomic mass is 35.5. The summed E-state index contributed by atoms with van der Waals surface area (Å²) >= 11 is 6.40. The van der Waals surface area contributed by atoms with Crippen LogP contribution >= 0.6 is 11.6 Å². The number of ether oxygens (including phenoxy) is 2. The Morgan fingerprint density at radius 2 is 1.84 bits per heavy atom. The molecule has 8 heteroatoms. The lowest BCUT2D eigenvalue weighted by atomic mass is 10.0. The molecule has 0 radical (unpaired) electrons. The molecule has 168 valence electrons. The van der Waals surface area contributed by atoms with Crippen LogP contribution in [0.25, 0.3) is 6.08 Å². The smallest absolute Gasteiger partial charge is 0.335 e. The number of benzene rings is 2. The molecule has 0 aromatic heterocycles. The Labute approximate surface area is 191 Å². The standard InChI is InChI=1S/C24H25ClN2O5/c1-6-15(4)32-21-19(25)11-16(12-20(21)31-5)10-18-22(28)26-24(30)27(23(18)29)17-8-7-13(2)14(3)9-17/h7-12,15H,6H2,1-5H3,(H,26,28,30)/b18-10+/t15-/m0/s1. The molecule has 2 aromatic carbocycles. The zero-order chi connectivity index (χ0) is 23.6. The van der Waals surface area contributed by atoms with Gasteiger partial charge >= 0.3 is 6.03 Å². The molecule has 7 nitrogen and oxygen atoms in total. The van der Waals surface area contributed by atoms with Gasteiger partial charge in [-0.2, -0.15) is 0 Å². The largest absolute Gasteiger partial charge is 0.493 e. The molecule has 1 fully saturated rings. The Morgan fingerprint density at radius 1 is 1.12 bits per heavy atom. The number of carbonyl (C=O) groups is 3. The Bertz CT molecular complexity index is 1130. The lowest BCUT2D eigenvalue weighted by Crippen LogP contribution is -2.54. The van der Waals surface area contributed by atoms with Gasteiger partial charge < -0.3 is 9.47 Å². The highest BCUT2D eigenvalue weighted by molar-refractivity contribution is 6.39. The van der Waals surface area contributed by atoms with Crippen LogP contribution in [0.1, 0.15) is 37.0 Å². The molecule has 2 aromatic rings. The maximum Gasteiger partial charge on any atom is 0.335 e. The lowest BCUT2D eigenvalue weighted by molar-refractivity contribution is -0.122. The third-order valence-electron chi connectivity index (χ3n) is 5.31. The molecular weight excluding hydrogens is 432 g/mol. The number of urea groups is 1. The number of hydrogen-bond acceptors (Lipinski definition) is 5. The summed E-state index contributed by atoms with van der Waals surface area (Å²) < 4.78 is 11.2. The number of carbonyl (C=O) groups excluding carboxylic acids is 3. The van der Waals surface area contributed by atoms with Gasteiger partial charge in [-0.3, -0.25) is 14.9 Å². The van der Waals surface area contributed by atoms with E-state index >= 15 is 0 Å². The fourth-order valence-electron chi connectivity index (χ4n) is 3.15. The van der Waals surface area contributed by atoms with Crippen LogP contribution in [0.15, 0.2) is 35.9 Å². The molecule has 4 amide bonds. The van der Waals surface area contributed by atoms with Gasteiger partial charge in [-0.15, -0.1) is 0 Å². The molecule has 0 aliphatic carbocycles. The first kappa shape index (κ1) is 23.3. The van der Waals surface area contributed by atoms with Crippen molar-refractivity contribution >= 4 is 41.2 Å². The van der Waals surface area contributed by atoms with Gasteiger partial charge in [0.2, 0.25) is 0 Å². The van der Waals surface area contributed by atoms with Crippen LogP contribution in [0.2, 0.25) is 5.02 Å². The zero-order valence-electron chi connectivity index (χ0n) is 18.6. The first-order valence-corrected chi connectivity index (χ1v) is 10.6. The van der Waals surface area contributed by atoms with Crippen LogP contribution in [-0.4, -0.2) is 31.1 Å². The predicted molar refractivity (Wildman–Crippen MR) is 123 cm³/mol. The van der Waals surface area contributed by atoms with E-state index in [-0.39, 0.29) is 16.7 Å². The van der Waals surface area contributed by atoms with Crippen molar-refractivity contribution in [1.29, 1.82) is 0 Å². The maximum atomic E-state index is 13.1. The molecular formula is C24H25ClN2O5. The molecule has 1 aliphatic rings. The maximum absolute atomic E-state index is 13.1. The van der Waals surface area contributed by atoms with Gasteiger partial charge in [0, 0.05) is 0 Å². The van der Waals surface area contributed by atoms with Crippen LogP contribution in [-0.2, 0) is 9.59 Å². The van der Waals surface area contributed by atoms with Crippen LogP contribution in [0.5, 0.6) is 11.5 Å². The van der Waals surface area contributed by atoms with Crippen molar-refractivity contribution < 1.29 is 23.9 Å². The minimum atomic E-state index is -0.798. The molecule has 0 saturated carbocycles. The van der Waals surface area contributed by atoms with Crippen molar-refractivity contribution in [2.24, 2.45) is 0 Å². The first-order chi connectivity index (χ1) is 15.2. The minimum absolute atomic E-state index is 0.0751. The fourth-order valence-corrected chi connectivity index (χ4v) is 3.41. The van der Waals surface area contributed by atoms with E-state index in [9.17, 15) is 14.4 Å². The lowest BCUT2D eigenvalue weighted by Gasteiger charge is -2.27. The number of amides is 4. The Balaban J connectivity index is 2.02. The number of nitrogens with one attached hydrogen (secondary N) is 1. The van der Waals surface area contributed by atoms with Crippen LogP contribution in [0.4, 0.5) is 10.5 Å². The molecule has 0 bridgehead atoms. The Kier molecular flexibility index (Phi) is 6.89. The molecule has 3 rings (SSSR count). The van der Waals surface area contributed by atoms with Crippen molar-refractivity contribution in [3.63, 3.8) is 0 Å². The number of aryl methyl sites for hydroxylation is 2. The molecule has 1 aliphatic heterocycles. The van der Waals surface area contributed by atoms with Crippen molar-refractivity contribution in [2.75, 3.05) is 12.0 Å². The second-order valence-electron chi connectivity index (χ2n) is 7.60. The highest BCUT2D eigenvalue weighted by Gasteiger charge is 2.37. The quantitative estimate of drug-likeness (QED) is 0.498. The van der Waals surface area contributed by atoms with Gasteiger partial charge in [0.15, 0.2) is 11.5 Å². The second-order valence-corrected chi connectivity index (χ2v) is 8.00. The van der Waals surface area contributed by atoms with Gasteiger partial charge in [-0.1, -0.05) is 24.6 Å². The fraction of sp³-hybridized carbons (Fsp3) is 0.292. The van der Waals surface area contributed by atoms with Gasteiger partial charge in [-0.05, 0) is 74.2 Å². The Hall–Kier alpha value is -3.32. The summed E-state index contributed by atoms with van der Waals surface area (Å²) in [7, 11) is 1.48. The zero-order valence-corrected chi connectivity index (χ0v) is 19.4. The summed E-state index contributed by atoms with van der Waals surface area (Å²) in [5.41, 5.74) is 2.57. The SMILES string of the molecule is CC[C@H](C)Oc1c(Cl)cc(/C=C2\C(=O)NC(=O)N(c3ccc(C)c(C)c3)C2=O)cc1OC. The molecule has 1 N–H and O–H groups in total. The van der Waals surface area contributed by atoms with Crippen molar-refractivity contribution in [2.45, 2.75) is 40.2 Å². The van der Waals surface area contributed by atoms with Crippen LogP contribution in [0.3, 0.4) is 0 Å². The van der Waals surface area contributed by atoms with Gasteiger partial charge in [0.05, 0.1) is 23.9 Å². The average molecular weight is 457 g/mol. The van der Waals surface area contributed by atoms with Gasteiger partial charge in [-0.25, -0.2) is 9.69 Å². The Morgan fingerprint density at radius 3 is 2.47 bits per heavy atom. The summed E-state index contributed by atoms with van der Waals surface area (Å²) in [6.45, 7) is 7.71. The van der Waals surface area contributed by atoms with Gasteiger partial charge in [0.25, 0.3) is 11.8 Å². The number of nitrogens with zero attached hydrogens (tertiary/aromatic N) is 1. The molecule has 1 saturated heterocycles. The second kappa shape index (κ2) is 9.44. The average Bonchev–Trinajstić information content (AvgIpc) is 2.74. The molecule has 1 heterocycles. The minimum Gasteiger partial charge on any atom is -0.493 e. The summed E-state index contributed by atoms with van der Waals surface area (Å²) in [5.74, 6) is -0.750. The van der Waals surface area contributed by atoms with E-state index in [1.165, 1.54) is 13.2 Å². The van der Waals surface area contributed by atoms with E-state index in [0.29, 0.717) is 22.7 Å². The van der Waals surface area contributed by atoms with E-state index in [2.05, 4.69) is 5.32 Å². The molecule has 32 heavy (non-hydrogen) atoms. The number of hydrogen-bond donors (Lipinski definition) is 1. The van der Waals surface area contributed by atoms with Crippen molar-refractivity contribution in [3.8, 4) is 11.5 Å². The molecule has 0 unspecified atom stereocenters. The number of halogens is 1. The van der Waals surface area contributed by atoms with E-state index < -0.39 is 17.8 Å². The third kappa shape index (κ3) is 4.62. The number of anilines is 1. The van der Waals surface area contributed by atoms with Crippen LogP contribution < -0.4 is 19.7 Å². The number of methoxy groups -OCH3 is 1. The van der Waals surface area contributed by atoms with Crippen LogP contribution in [0, 0.1) is 13.8 Å². The molecule has 1 atom stereocenters. The summed E-state index contributed by atoms with van der Waals surface area (Å²) in [6.07, 6.45) is 2.08. The number of imide groups is 2. The topological polar surface area (TPSA) is 84.9 Å².